The highest BCUT2D eigenvalue weighted by atomic mass is 32.2. The van der Waals surface area contributed by atoms with E-state index in [2.05, 4.69) is 5.32 Å². The molecular formula is C28H35FN4O5S. The van der Waals surface area contributed by atoms with E-state index in [1.807, 2.05) is 5.94 Å². The van der Waals surface area contributed by atoms with E-state index in [0.29, 0.717) is 31.6 Å². The van der Waals surface area contributed by atoms with Crippen molar-refractivity contribution in [2.24, 2.45) is 5.73 Å². The summed E-state index contributed by atoms with van der Waals surface area (Å²) in [5, 5.41) is 2.71. The minimum atomic E-state index is -3.65. The van der Waals surface area contributed by atoms with E-state index in [-0.39, 0.29) is 24.4 Å². The molecule has 2 aromatic rings. The number of carbonyl (C=O) groups excluding carboxylic acids is 2. The molecule has 1 spiro atoms. The van der Waals surface area contributed by atoms with Gasteiger partial charge in [-0.3, -0.25) is 9.10 Å². The van der Waals surface area contributed by atoms with Crippen molar-refractivity contribution in [3.05, 3.63) is 71.2 Å². The first kappa shape index (κ1) is 26.0. The minimum absolute atomic E-state index is 0.0682. The van der Waals surface area contributed by atoms with Gasteiger partial charge in [0.1, 0.15) is 23.5 Å². The predicted molar refractivity (Wildman–Crippen MR) is 147 cm³/mol. The molecule has 0 aliphatic carbocycles. The van der Waals surface area contributed by atoms with Crippen molar-refractivity contribution in [3.8, 4) is 0 Å². The molecule has 1 amide bonds. The molecule has 0 bridgehead atoms. The number of hydrogen-bond donors (Lipinski definition) is 2. The van der Waals surface area contributed by atoms with Crippen LogP contribution in [0.25, 0.3) is 0 Å². The monoisotopic (exact) mass is 560 g/mol. The molecule has 0 unspecified atom stereocenters. The van der Waals surface area contributed by atoms with Gasteiger partial charge in [0.05, 0.1) is 33.4 Å². The number of piperidine rings is 1. The summed E-state index contributed by atoms with van der Waals surface area (Å²) in [5.41, 5.74) is 5.49. The summed E-state index contributed by atoms with van der Waals surface area (Å²) in [5.74, 6) is 0.823. The highest BCUT2D eigenvalue weighted by Gasteiger charge is 2.48. The Balaban J connectivity index is 1.57. The van der Waals surface area contributed by atoms with Crippen LogP contribution in [0.2, 0.25) is 0 Å². The maximum atomic E-state index is 14.1. The number of nitrogens with two attached hydrogens (primary N) is 1. The van der Waals surface area contributed by atoms with Gasteiger partial charge in [-0.05, 0) is 49.9 Å². The third-order valence-electron chi connectivity index (χ3n) is 7.25. The number of hydrogen-bond acceptors (Lipinski definition) is 7. The van der Waals surface area contributed by atoms with Gasteiger partial charge < -0.3 is 20.7 Å². The Morgan fingerprint density at radius 2 is 1.92 bits per heavy atom. The predicted octanol–water partition coefficient (Wildman–Crippen LogP) is 2.09. The number of nitrogens with one attached hydrogen (secondary N) is 1. The largest absolute Gasteiger partial charge is 0.374 e. The van der Waals surface area contributed by atoms with E-state index < -0.39 is 45.3 Å². The Morgan fingerprint density at radius 1 is 1.26 bits per heavy atom. The van der Waals surface area contributed by atoms with E-state index in [1.165, 1.54) is 30.3 Å². The fourth-order valence-electron chi connectivity index (χ4n) is 5.11. The normalized spacial score (nSPS) is 18.6. The van der Waals surface area contributed by atoms with Crippen LogP contribution in [0.4, 0.5) is 10.1 Å². The number of anilines is 1. The van der Waals surface area contributed by atoms with Gasteiger partial charge in [-0.2, -0.15) is 0 Å². The van der Waals surface area contributed by atoms with Crippen LogP contribution < -0.4 is 15.4 Å². The zero-order valence-corrected chi connectivity index (χ0v) is 23.1. The van der Waals surface area contributed by atoms with E-state index in [1.54, 1.807) is 41.3 Å². The summed E-state index contributed by atoms with van der Waals surface area (Å²) in [6.45, 7) is 1.20. The lowest BCUT2D eigenvalue weighted by Gasteiger charge is -2.42. The second kappa shape index (κ2) is 11.1. The average Bonchev–Trinajstić information content (AvgIpc) is 3.22. The first-order chi connectivity index (χ1) is 19.1. The Bertz CT molecular complexity index is 1450. The maximum absolute atomic E-state index is 14.1. The third-order valence-corrected chi connectivity index (χ3v) is 8.37. The summed E-state index contributed by atoms with van der Waals surface area (Å²) in [6, 6.07) is 11.3. The molecule has 11 heteroatoms. The standard InChI is InChI=1S/C28H35FN4O5S/c1-27(2,30)26(35)31-23(18-38-17-20-7-5-4-6-8-20)25(16-34)32-13-11-28(12-14-32)19-33(39(3,36)37)24-15-21(29)9-10-22(24)28/h4-10,15,23H,11-14,17-19,30H2,1-3H3,(H,31,35)/t23-/m0/s1/i17D2. The summed E-state index contributed by atoms with van der Waals surface area (Å²) < 4.78 is 62.7. The fraction of sp³-hybridized carbons (Fsp3) is 0.464. The lowest BCUT2D eigenvalue weighted by molar-refractivity contribution is -0.126. The maximum Gasteiger partial charge on any atom is 0.240 e. The number of halogens is 1. The molecular weight excluding hydrogens is 523 g/mol. The van der Waals surface area contributed by atoms with E-state index in [4.69, 9.17) is 13.2 Å². The van der Waals surface area contributed by atoms with Crippen LogP contribution in [0.1, 0.15) is 40.6 Å². The van der Waals surface area contributed by atoms with Gasteiger partial charge in [0.15, 0.2) is 0 Å². The van der Waals surface area contributed by atoms with E-state index >= 15 is 0 Å². The number of fused-ring (bicyclic) bond motifs is 2. The van der Waals surface area contributed by atoms with Crippen LogP contribution in [-0.2, 0) is 36.3 Å². The Kier molecular flexibility index (Phi) is 7.40. The average molecular weight is 561 g/mol. The summed E-state index contributed by atoms with van der Waals surface area (Å²) >= 11 is 0. The van der Waals surface area contributed by atoms with Crippen molar-refractivity contribution in [3.63, 3.8) is 0 Å². The van der Waals surface area contributed by atoms with Crippen LogP contribution in [0.3, 0.4) is 0 Å². The summed E-state index contributed by atoms with van der Waals surface area (Å²) in [7, 11) is -3.65. The molecule has 4 rings (SSSR count). The quantitative estimate of drug-likeness (QED) is 0.451. The molecule has 9 nitrogen and oxygen atoms in total. The molecule has 2 heterocycles. The number of ether oxygens (including phenoxy) is 1. The van der Waals surface area contributed by atoms with Crippen LogP contribution in [0.5, 0.6) is 0 Å². The van der Waals surface area contributed by atoms with Crippen molar-refractivity contribution in [2.75, 3.05) is 36.8 Å². The molecule has 2 aliphatic heterocycles. The van der Waals surface area contributed by atoms with Crippen LogP contribution in [0.15, 0.2) is 54.2 Å². The number of nitrogens with zero attached hydrogens (tertiary/aromatic N) is 2. The van der Waals surface area contributed by atoms with E-state index in [9.17, 15) is 22.4 Å². The molecule has 0 saturated carbocycles. The van der Waals surface area contributed by atoms with Gasteiger partial charge in [0.2, 0.25) is 15.9 Å². The number of likely N-dealkylation sites (tertiary alicyclic amines) is 1. The van der Waals surface area contributed by atoms with Gasteiger partial charge in [-0.25, -0.2) is 17.6 Å². The molecule has 0 aromatic heterocycles. The minimum Gasteiger partial charge on any atom is -0.374 e. The molecule has 2 aliphatic rings. The highest BCUT2D eigenvalue weighted by molar-refractivity contribution is 7.92. The lowest BCUT2D eigenvalue weighted by atomic mass is 9.74. The van der Waals surface area contributed by atoms with E-state index in [0.717, 1.165) is 11.8 Å². The Labute approximate surface area is 231 Å². The second-order valence-electron chi connectivity index (χ2n) is 10.7. The van der Waals surface area contributed by atoms with Crippen LogP contribution in [-0.4, -0.2) is 69.2 Å². The van der Waals surface area contributed by atoms with Gasteiger partial charge >= 0.3 is 0 Å². The van der Waals surface area contributed by atoms with Gasteiger partial charge in [-0.15, -0.1) is 0 Å². The highest BCUT2D eigenvalue weighted by Crippen LogP contribution is 2.48. The van der Waals surface area contributed by atoms with Gasteiger partial charge in [0, 0.05) is 25.0 Å². The zero-order chi connectivity index (χ0) is 30.2. The SMILES string of the molecule is [2H]C([2H])(OC[C@H](NC(=O)C(C)(C)N)C(=C=O)N1CCC2(CC1)CN(S(C)(=O)=O)c1cc(F)ccc12)c1ccccc1. The molecule has 3 N–H and O–H groups in total. The number of sulfonamides is 1. The topological polar surface area (TPSA) is 122 Å². The molecule has 0 radical (unpaired) electrons. The van der Waals surface area contributed by atoms with Crippen LogP contribution >= 0.6 is 0 Å². The number of benzene rings is 2. The Morgan fingerprint density at radius 3 is 2.51 bits per heavy atom. The first-order valence-electron chi connectivity index (χ1n) is 13.6. The Hall–Kier alpha value is -3.24. The van der Waals surface area contributed by atoms with Crippen molar-refractivity contribution in [2.45, 2.75) is 50.2 Å². The second-order valence-corrected chi connectivity index (χ2v) is 12.6. The molecule has 1 saturated heterocycles. The molecule has 39 heavy (non-hydrogen) atoms. The van der Waals surface area contributed by atoms with Crippen molar-refractivity contribution >= 4 is 27.6 Å². The fourth-order valence-corrected chi connectivity index (χ4v) is 6.10. The third kappa shape index (κ3) is 6.33. The van der Waals surface area contributed by atoms with Crippen molar-refractivity contribution in [1.82, 2.24) is 10.2 Å². The van der Waals surface area contributed by atoms with Crippen LogP contribution in [0, 0.1) is 5.82 Å². The molecule has 1 atom stereocenters. The molecule has 210 valence electrons. The summed E-state index contributed by atoms with van der Waals surface area (Å²) in [4.78, 5) is 26.9. The molecule has 1 fully saturated rings. The van der Waals surface area contributed by atoms with Gasteiger partial charge in [-0.1, -0.05) is 36.4 Å². The smallest absolute Gasteiger partial charge is 0.240 e. The van der Waals surface area contributed by atoms with Crippen molar-refractivity contribution in [1.29, 1.82) is 0 Å². The number of carbonyl (C=O) groups is 1. The number of amides is 1. The first-order valence-corrected chi connectivity index (χ1v) is 14.5. The van der Waals surface area contributed by atoms with Crippen molar-refractivity contribution < 1.29 is 29.9 Å². The lowest BCUT2D eigenvalue weighted by Crippen LogP contribution is -2.56. The summed E-state index contributed by atoms with van der Waals surface area (Å²) in [6.07, 6.45) is 1.97. The molecule has 2 aromatic carbocycles. The zero-order valence-electron chi connectivity index (χ0n) is 24.2. The number of rotatable bonds is 9. The van der Waals surface area contributed by atoms with Gasteiger partial charge in [0.25, 0.3) is 0 Å².